The molecule has 0 saturated carbocycles. The van der Waals surface area contributed by atoms with Gasteiger partial charge in [0, 0.05) is 23.5 Å². The number of halogens is 1. The Morgan fingerprint density at radius 1 is 1.59 bits per heavy atom. The van der Waals surface area contributed by atoms with Crippen LogP contribution in [0.4, 0.5) is 0 Å². The molecule has 0 fully saturated rings. The molecule has 3 unspecified atom stereocenters. The van der Waals surface area contributed by atoms with Crippen molar-refractivity contribution in [3.63, 3.8) is 0 Å². The molecule has 0 aromatic carbocycles. The Kier molecular flexibility index (Phi) is 6.54. The van der Waals surface area contributed by atoms with Crippen molar-refractivity contribution >= 4 is 27.7 Å². The monoisotopic (exact) mass is 321 g/mol. The average Bonchev–Trinajstić information content (AvgIpc) is 2.65. The average molecular weight is 322 g/mol. The molecule has 6 heteroatoms. The fraction of sp³-hybridized carbons (Fsp3) is 0.727. The summed E-state index contributed by atoms with van der Waals surface area (Å²) in [7, 11) is 0. The van der Waals surface area contributed by atoms with E-state index in [0.29, 0.717) is 6.04 Å². The lowest BCUT2D eigenvalue weighted by molar-refractivity contribution is 0.268. The molecule has 0 spiro atoms. The van der Waals surface area contributed by atoms with Gasteiger partial charge in [0.2, 0.25) is 0 Å². The predicted octanol–water partition coefficient (Wildman–Crippen LogP) is 1.74. The maximum atomic E-state index is 9.22. The SMILES string of the molecule is CSC(CO)C(C)NC(C)Cn1cc(Br)cn1. The summed E-state index contributed by atoms with van der Waals surface area (Å²) in [5.74, 6) is 0. The second kappa shape index (κ2) is 7.41. The highest BCUT2D eigenvalue weighted by atomic mass is 79.9. The number of rotatable bonds is 7. The molecule has 0 bridgehead atoms. The van der Waals surface area contributed by atoms with Crippen LogP contribution >= 0.6 is 27.7 Å². The summed E-state index contributed by atoms with van der Waals surface area (Å²) in [6.45, 7) is 5.26. The molecule has 0 aliphatic heterocycles. The van der Waals surface area contributed by atoms with Crippen LogP contribution in [0.2, 0.25) is 0 Å². The van der Waals surface area contributed by atoms with E-state index in [1.807, 2.05) is 17.1 Å². The van der Waals surface area contributed by atoms with Gasteiger partial charge < -0.3 is 10.4 Å². The molecular formula is C11H20BrN3OS. The summed E-state index contributed by atoms with van der Waals surface area (Å²) in [6.07, 6.45) is 5.77. The molecule has 1 aromatic heterocycles. The van der Waals surface area contributed by atoms with Gasteiger partial charge in [-0.15, -0.1) is 0 Å². The second-order valence-corrected chi connectivity index (χ2v) is 6.19. The van der Waals surface area contributed by atoms with Gasteiger partial charge in [-0.2, -0.15) is 16.9 Å². The Hall–Kier alpha value is -0.0400. The van der Waals surface area contributed by atoms with Crippen molar-refractivity contribution in [2.45, 2.75) is 37.7 Å². The van der Waals surface area contributed by atoms with Gasteiger partial charge in [0.05, 0.1) is 23.8 Å². The molecule has 17 heavy (non-hydrogen) atoms. The summed E-state index contributed by atoms with van der Waals surface area (Å²) in [5, 5.41) is 17.2. The molecule has 4 nitrogen and oxygen atoms in total. The zero-order valence-corrected chi connectivity index (χ0v) is 12.8. The quantitative estimate of drug-likeness (QED) is 0.803. The van der Waals surface area contributed by atoms with Crippen molar-refractivity contribution in [2.24, 2.45) is 0 Å². The standard InChI is InChI=1S/C11H20BrN3OS/c1-8(5-15-6-10(12)4-13-15)14-9(2)11(7-16)17-3/h4,6,8-9,11,14,16H,5,7H2,1-3H3. The molecule has 0 amide bonds. The molecule has 3 atom stereocenters. The van der Waals surface area contributed by atoms with Crippen molar-refractivity contribution in [3.05, 3.63) is 16.9 Å². The van der Waals surface area contributed by atoms with Gasteiger partial charge in [-0.05, 0) is 36.0 Å². The first-order valence-corrected chi connectivity index (χ1v) is 7.72. The van der Waals surface area contributed by atoms with Gasteiger partial charge in [-0.25, -0.2) is 0 Å². The van der Waals surface area contributed by atoms with Gasteiger partial charge in [-0.1, -0.05) is 0 Å². The minimum Gasteiger partial charge on any atom is -0.395 e. The Morgan fingerprint density at radius 3 is 2.76 bits per heavy atom. The third kappa shape index (κ3) is 4.99. The smallest absolute Gasteiger partial charge is 0.0632 e. The molecule has 1 aromatic rings. The summed E-state index contributed by atoms with van der Waals surface area (Å²) in [4.78, 5) is 0. The van der Waals surface area contributed by atoms with Crippen LogP contribution in [0.1, 0.15) is 13.8 Å². The molecule has 0 aliphatic rings. The van der Waals surface area contributed by atoms with E-state index in [1.54, 1.807) is 18.0 Å². The van der Waals surface area contributed by atoms with Crippen LogP contribution in [0.15, 0.2) is 16.9 Å². The fourth-order valence-electron chi connectivity index (χ4n) is 1.76. The molecular weight excluding hydrogens is 302 g/mol. The maximum absolute atomic E-state index is 9.22. The van der Waals surface area contributed by atoms with Crippen molar-refractivity contribution in [2.75, 3.05) is 12.9 Å². The number of nitrogens with one attached hydrogen (secondary N) is 1. The zero-order chi connectivity index (χ0) is 12.8. The minimum atomic E-state index is 0.204. The van der Waals surface area contributed by atoms with E-state index in [2.05, 4.69) is 40.2 Å². The first kappa shape index (κ1) is 15.0. The van der Waals surface area contributed by atoms with Crippen LogP contribution in [0, 0.1) is 0 Å². The second-order valence-electron chi connectivity index (χ2n) is 4.19. The third-order valence-electron chi connectivity index (χ3n) is 2.65. The lowest BCUT2D eigenvalue weighted by Crippen LogP contribution is -2.44. The van der Waals surface area contributed by atoms with Crippen LogP contribution < -0.4 is 5.32 Å². The van der Waals surface area contributed by atoms with Crippen molar-refractivity contribution in [1.82, 2.24) is 15.1 Å². The summed E-state index contributed by atoms with van der Waals surface area (Å²) < 4.78 is 2.90. The lowest BCUT2D eigenvalue weighted by atomic mass is 10.2. The van der Waals surface area contributed by atoms with E-state index in [9.17, 15) is 5.11 Å². The van der Waals surface area contributed by atoms with Crippen molar-refractivity contribution < 1.29 is 5.11 Å². The van der Waals surface area contributed by atoms with Crippen LogP contribution in [-0.4, -0.2) is 45.1 Å². The normalized spacial score (nSPS) is 16.8. The van der Waals surface area contributed by atoms with Gasteiger partial charge in [0.15, 0.2) is 0 Å². The predicted molar refractivity (Wildman–Crippen MR) is 76.4 cm³/mol. The summed E-state index contributed by atoms with van der Waals surface area (Å²) in [6, 6.07) is 0.599. The first-order valence-electron chi connectivity index (χ1n) is 5.64. The van der Waals surface area contributed by atoms with Gasteiger partial charge in [-0.3, -0.25) is 4.68 Å². The number of hydrogen-bond donors (Lipinski definition) is 2. The number of aliphatic hydroxyl groups excluding tert-OH is 1. The topological polar surface area (TPSA) is 50.1 Å². The van der Waals surface area contributed by atoms with Crippen LogP contribution in [0.5, 0.6) is 0 Å². The molecule has 1 heterocycles. The number of aliphatic hydroxyl groups is 1. The van der Waals surface area contributed by atoms with Crippen LogP contribution in [-0.2, 0) is 6.54 Å². The van der Waals surface area contributed by atoms with Crippen LogP contribution in [0.3, 0.4) is 0 Å². The highest BCUT2D eigenvalue weighted by Gasteiger charge is 2.17. The number of thioether (sulfide) groups is 1. The van der Waals surface area contributed by atoms with E-state index >= 15 is 0 Å². The Bertz CT molecular complexity index is 330. The first-order chi connectivity index (χ1) is 8.06. The van der Waals surface area contributed by atoms with Gasteiger partial charge >= 0.3 is 0 Å². The lowest BCUT2D eigenvalue weighted by Gasteiger charge is -2.25. The van der Waals surface area contributed by atoms with Crippen molar-refractivity contribution in [1.29, 1.82) is 0 Å². The van der Waals surface area contributed by atoms with Gasteiger partial charge in [0.25, 0.3) is 0 Å². The minimum absolute atomic E-state index is 0.204. The number of hydrogen-bond acceptors (Lipinski definition) is 4. The third-order valence-corrected chi connectivity index (χ3v) is 4.22. The molecule has 0 saturated heterocycles. The van der Waals surface area contributed by atoms with E-state index in [0.717, 1.165) is 11.0 Å². The highest BCUT2D eigenvalue weighted by molar-refractivity contribution is 9.10. The van der Waals surface area contributed by atoms with E-state index in [-0.39, 0.29) is 17.9 Å². The van der Waals surface area contributed by atoms with Crippen molar-refractivity contribution in [3.8, 4) is 0 Å². The molecule has 98 valence electrons. The Labute approximate surface area is 115 Å². The largest absolute Gasteiger partial charge is 0.395 e. The summed E-state index contributed by atoms with van der Waals surface area (Å²) in [5.41, 5.74) is 0. The fourth-order valence-corrected chi connectivity index (χ4v) is 2.73. The Morgan fingerprint density at radius 2 is 2.29 bits per heavy atom. The maximum Gasteiger partial charge on any atom is 0.0632 e. The Balaban J connectivity index is 2.41. The zero-order valence-electron chi connectivity index (χ0n) is 10.4. The molecule has 0 aliphatic carbocycles. The molecule has 2 N–H and O–H groups in total. The van der Waals surface area contributed by atoms with Gasteiger partial charge in [0.1, 0.15) is 0 Å². The summed E-state index contributed by atoms with van der Waals surface area (Å²) >= 11 is 5.07. The number of nitrogens with zero attached hydrogens (tertiary/aromatic N) is 2. The van der Waals surface area contributed by atoms with E-state index in [1.165, 1.54) is 0 Å². The van der Waals surface area contributed by atoms with E-state index < -0.39 is 0 Å². The molecule has 1 rings (SSSR count). The number of aromatic nitrogens is 2. The van der Waals surface area contributed by atoms with Crippen LogP contribution in [0.25, 0.3) is 0 Å². The van der Waals surface area contributed by atoms with E-state index in [4.69, 9.17) is 0 Å². The molecule has 0 radical (unpaired) electrons. The highest BCUT2D eigenvalue weighted by Crippen LogP contribution is 2.11.